The Morgan fingerprint density at radius 3 is 2.91 bits per heavy atom. The Bertz CT molecular complexity index is 539. The van der Waals surface area contributed by atoms with E-state index < -0.39 is 0 Å². The number of ether oxygens (including phenoxy) is 1. The van der Waals surface area contributed by atoms with Gasteiger partial charge in [0.1, 0.15) is 5.75 Å². The van der Waals surface area contributed by atoms with Crippen molar-refractivity contribution in [2.45, 2.75) is 31.8 Å². The van der Waals surface area contributed by atoms with E-state index in [0.717, 1.165) is 30.6 Å². The third kappa shape index (κ3) is 5.01. The largest absolute Gasteiger partial charge is 0.496 e. The quantitative estimate of drug-likeness (QED) is 0.837. The maximum absolute atomic E-state index is 12.1. The number of nitrogens with one attached hydrogen (secondary N) is 1. The van der Waals surface area contributed by atoms with Gasteiger partial charge in [0.2, 0.25) is 0 Å². The number of aliphatic hydroxyl groups excluding tert-OH is 1. The van der Waals surface area contributed by atoms with Gasteiger partial charge in [-0.05, 0) is 43.0 Å². The van der Waals surface area contributed by atoms with Crippen LogP contribution in [0.4, 0.5) is 4.79 Å². The zero-order valence-electron chi connectivity index (χ0n) is 13.7. The molecule has 1 aliphatic carbocycles. The number of amides is 2. The minimum atomic E-state index is -0.277. The van der Waals surface area contributed by atoms with Crippen molar-refractivity contribution < 1.29 is 14.6 Å². The summed E-state index contributed by atoms with van der Waals surface area (Å²) in [6, 6.07) is 5.34. The molecule has 0 unspecified atom stereocenters. The van der Waals surface area contributed by atoms with Gasteiger partial charge in [-0.2, -0.15) is 0 Å². The summed E-state index contributed by atoms with van der Waals surface area (Å²) in [5.41, 5.74) is 0.967. The van der Waals surface area contributed by atoms with E-state index >= 15 is 0 Å². The number of urea groups is 1. The van der Waals surface area contributed by atoms with Gasteiger partial charge in [0.05, 0.1) is 13.2 Å². The van der Waals surface area contributed by atoms with Gasteiger partial charge < -0.3 is 20.1 Å². The van der Waals surface area contributed by atoms with Gasteiger partial charge in [0, 0.05) is 31.1 Å². The molecule has 0 aliphatic heterocycles. The number of carbonyl (C=O) groups is 1. The lowest BCUT2D eigenvalue weighted by Gasteiger charge is -2.23. The smallest absolute Gasteiger partial charge is 0.317 e. The number of nitrogens with zero attached hydrogens (tertiary/aromatic N) is 1. The highest BCUT2D eigenvalue weighted by atomic mass is 35.5. The van der Waals surface area contributed by atoms with Gasteiger partial charge in [-0.3, -0.25) is 0 Å². The standard InChI is InChI=1S/C17H25ClN2O3/c1-20(11-13-4-3-5-15(13)21)17(22)19-9-8-12-10-14(18)6-7-16(12)23-2/h6-7,10,13,15,21H,3-5,8-9,11H2,1-2H3,(H,19,22)/t13-,15+/m0/s1. The van der Waals surface area contributed by atoms with Gasteiger partial charge >= 0.3 is 6.03 Å². The Kier molecular flexibility index (Phi) is 6.54. The number of hydrogen-bond acceptors (Lipinski definition) is 3. The normalized spacial score (nSPS) is 20.3. The number of methoxy groups -OCH3 is 1. The Balaban J connectivity index is 1.79. The van der Waals surface area contributed by atoms with Crippen LogP contribution in [0, 0.1) is 5.92 Å². The molecule has 2 amide bonds. The van der Waals surface area contributed by atoms with Crippen molar-refractivity contribution in [1.29, 1.82) is 0 Å². The van der Waals surface area contributed by atoms with Crippen LogP contribution in [0.15, 0.2) is 18.2 Å². The lowest BCUT2D eigenvalue weighted by molar-refractivity contribution is 0.114. The third-order valence-electron chi connectivity index (χ3n) is 4.39. The molecule has 0 aromatic heterocycles. The van der Waals surface area contributed by atoms with Crippen LogP contribution in [0.1, 0.15) is 24.8 Å². The van der Waals surface area contributed by atoms with Crippen molar-refractivity contribution in [3.63, 3.8) is 0 Å². The first kappa shape index (κ1) is 17.9. The van der Waals surface area contributed by atoms with E-state index in [0.29, 0.717) is 24.5 Å². The molecule has 1 aliphatic rings. The van der Waals surface area contributed by atoms with E-state index in [1.54, 1.807) is 25.1 Å². The fourth-order valence-corrected chi connectivity index (χ4v) is 3.24. The van der Waals surface area contributed by atoms with Gasteiger partial charge in [0.15, 0.2) is 0 Å². The summed E-state index contributed by atoms with van der Waals surface area (Å²) in [6.45, 7) is 1.10. The molecule has 1 fully saturated rings. The molecule has 0 heterocycles. The van der Waals surface area contributed by atoms with Crippen molar-refractivity contribution in [3.05, 3.63) is 28.8 Å². The molecule has 1 aromatic carbocycles. The average Bonchev–Trinajstić information content (AvgIpc) is 2.92. The maximum atomic E-state index is 12.1. The zero-order valence-corrected chi connectivity index (χ0v) is 14.5. The van der Waals surface area contributed by atoms with E-state index in [1.807, 2.05) is 12.1 Å². The minimum Gasteiger partial charge on any atom is -0.496 e. The molecule has 1 saturated carbocycles. The summed E-state index contributed by atoms with van der Waals surface area (Å²) < 4.78 is 5.30. The molecule has 2 rings (SSSR count). The van der Waals surface area contributed by atoms with E-state index in [-0.39, 0.29) is 18.1 Å². The van der Waals surface area contributed by atoms with Gasteiger partial charge in [-0.15, -0.1) is 0 Å². The molecule has 1 aromatic rings. The Hall–Kier alpha value is -1.46. The predicted molar refractivity (Wildman–Crippen MR) is 91.1 cm³/mol. The molecule has 0 saturated heterocycles. The summed E-state index contributed by atoms with van der Waals surface area (Å²) in [6.07, 6.45) is 3.24. The molecule has 23 heavy (non-hydrogen) atoms. The van der Waals surface area contributed by atoms with E-state index in [1.165, 1.54) is 0 Å². The summed E-state index contributed by atoms with van der Waals surface area (Å²) >= 11 is 6.00. The monoisotopic (exact) mass is 340 g/mol. The van der Waals surface area contributed by atoms with Crippen LogP contribution in [0.2, 0.25) is 5.02 Å². The highest BCUT2D eigenvalue weighted by Crippen LogP contribution is 2.26. The number of rotatable bonds is 6. The Morgan fingerprint density at radius 2 is 2.26 bits per heavy atom. The number of hydrogen-bond donors (Lipinski definition) is 2. The van der Waals surface area contributed by atoms with Crippen molar-refractivity contribution in [2.24, 2.45) is 5.92 Å². The highest BCUT2D eigenvalue weighted by Gasteiger charge is 2.27. The van der Waals surface area contributed by atoms with Crippen LogP contribution < -0.4 is 10.1 Å². The molecular weight excluding hydrogens is 316 g/mol. The molecule has 128 valence electrons. The second kappa shape index (κ2) is 8.41. The van der Waals surface area contributed by atoms with Crippen LogP contribution in [-0.2, 0) is 6.42 Å². The molecule has 0 spiro atoms. The second-order valence-electron chi connectivity index (χ2n) is 6.08. The highest BCUT2D eigenvalue weighted by molar-refractivity contribution is 6.30. The first-order chi connectivity index (χ1) is 11.0. The van der Waals surface area contributed by atoms with Crippen LogP contribution in [-0.4, -0.2) is 49.4 Å². The molecule has 5 nitrogen and oxygen atoms in total. The molecule has 2 atom stereocenters. The molecular formula is C17H25ClN2O3. The summed E-state index contributed by atoms with van der Waals surface area (Å²) in [5.74, 6) is 0.963. The summed E-state index contributed by atoms with van der Waals surface area (Å²) in [7, 11) is 3.38. The van der Waals surface area contributed by atoms with E-state index in [2.05, 4.69) is 5.32 Å². The van der Waals surface area contributed by atoms with Crippen molar-refractivity contribution >= 4 is 17.6 Å². The SMILES string of the molecule is COc1ccc(Cl)cc1CCNC(=O)N(C)C[C@@H]1CCC[C@H]1O. The molecule has 0 bridgehead atoms. The number of benzene rings is 1. The van der Waals surface area contributed by atoms with Gasteiger partial charge in [-0.25, -0.2) is 4.79 Å². The fourth-order valence-electron chi connectivity index (χ4n) is 3.05. The summed E-state index contributed by atoms with van der Waals surface area (Å²) in [5, 5.41) is 13.4. The van der Waals surface area contributed by atoms with Gasteiger partial charge in [0.25, 0.3) is 0 Å². The molecule has 0 radical (unpaired) electrons. The Labute approximate surface area is 142 Å². The van der Waals surface area contributed by atoms with Gasteiger partial charge in [-0.1, -0.05) is 18.0 Å². The first-order valence-corrected chi connectivity index (χ1v) is 8.38. The maximum Gasteiger partial charge on any atom is 0.317 e. The van der Waals surface area contributed by atoms with Crippen LogP contribution in [0.3, 0.4) is 0 Å². The Morgan fingerprint density at radius 1 is 1.48 bits per heavy atom. The molecule has 6 heteroatoms. The lowest BCUT2D eigenvalue weighted by atomic mass is 10.1. The minimum absolute atomic E-state index is 0.120. The zero-order chi connectivity index (χ0) is 16.8. The number of carbonyl (C=O) groups excluding carboxylic acids is 1. The predicted octanol–water partition coefficient (Wildman–Crippen LogP) is 2.69. The van der Waals surface area contributed by atoms with Crippen molar-refractivity contribution in [2.75, 3.05) is 27.2 Å². The number of halogens is 1. The van der Waals surface area contributed by atoms with Crippen LogP contribution >= 0.6 is 11.6 Å². The average molecular weight is 341 g/mol. The second-order valence-corrected chi connectivity index (χ2v) is 6.51. The third-order valence-corrected chi connectivity index (χ3v) is 4.62. The first-order valence-electron chi connectivity index (χ1n) is 8.00. The van der Waals surface area contributed by atoms with E-state index in [4.69, 9.17) is 16.3 Å². The topological polar surface area (TPSA) is 61.8 Å². The summed E-state index contributed by atoms with van der Waals surface area (Å²) in [4.78, 5) is 13.8. The van der Waals surface area contributed by atoms with E-state index in [9.17, 15) is 9.90 Å². The van der Waals surface area contributed by atoms with Crippen LogP contribution in [0.5, 0.6) is 5.75 Å². The lowest BCUT2D eigenvalue weighted by Crippen LogP contribution is -2.41. The van der Waals surface area contributed by atoms with Crippen molar-refractivity contribution in [3.8, 4) is 5.75 Å². The number of aliphatic hydroxyl groups is 1. The fraction of sp³-hybridized carbons (Fsp3) is 0.588. The van der Waals surface area contributed by atoms with Crippen molar-refractivity contribution in [1.82, 2.24) is 10.2 Å². The molecule has 2 N–H and O–H groups in total. The van der Waals surface area contributed by atoms with Crippen LogP contribution in [0.25, 0.3) is 0 Å².